The van der Waals surface area contributed by atoms with Gasteiger partial charge in [0.2, 0.25) is 0 Å². The number of hydrogen-bond donors (Lipinski definition) is 0. The predicted octanol–water partition coefficient (Wildman–Crippen LogP) is 4.46. The van der Waals surface area contributed by atoms with Crippen molar-refractivity contribution in [1.82, 2.24) is 14.8 Å². The van der Waals surface area contributed by atoms with Gasteiger partial charge in [0.05, 0.1) is 12.9 Å². The number of hydrogen-bond acceptors (Lipinski definition) is 6. The predicted molar refractivity (Wildman–Crippen MR) is 125 cm³/mol. The fraction of sp³-hybridized carbons (Fsp3) is 0.292. The van der Waals surface area contributed by atoms with Gasteiger partial charge in [0.25, 0.3) is 0 Å². The number of aromatic nitrogens is 3. The van der Waals surface area contributed by atoms with Crippen LogP contribution >= 0.6 is 11.8 Å². The van der Waals surface area contributed by atoms with Gasteiger partial charge < -0.3 is 14.2 Å². The van der Waals surface area contributed by atoms with Crippen molar-refractivity contribution in [3.05, 3.63) is 65.9 Å². The summed E-state index contributed by atoms with van der Waals surface area (Å²) in [6, 6.07) is 16.0. The first kappa shape index (κ1) is 21.2. The third kappa shape index (κ3) is 3.85. The zero-order valence-electron chi connectivity index (χ0n) is 18.4. The number of anilines is 1. The summed E-state index contributed by atoms with van der Waals surface area (Å²) in [7, 11) is 5.57. The number of para-hydroxylation sites is 1. The summed E-state index contributed by atoms with van der Waals surface area (Å²) in [5.41, 5.74) is 4.13. The lowest BCUT2D eigenvalue weighted by molar-refractivity contribution is -0.112. The summed E-state index contributed by atoms with van der Waals surface area (Å²) < 4.78 is 7.12. The third-order valence-corrected chi connectivity index (χ3v) is 6.81. The van der Waals surface area contributed by atoms with E-state index in [-0.39, 0.29) is 11.2 Å². The number of carbonyl (C=O) groups excluding carboxylic acids is 1. The maximum atomic E-state index is 12.8. The number of allylic oxidation sites excluding steroid dienone is 2. The first-order valence-corrected chi connectivity index (χ1v) is 11.1. The molecule has 0 saturated carbocycles. The van der Waals surface area contributed by atoms with Crippen LogP contribution in [0.25, 0.3) is 11.4 Å². The molecule has 0 fully saturated rings. The zero-order chi connectivity index (χ0) is 22.2. The van der Waals surface area contributed by atoms with Crippen molar-refractivity contribution >= 4 is 23.2 Å². The minimum absolute atomic E-state index is 0.0572. The van der Waals surface area contributed by atoms with E-state index in [9.17, 15) is 4.79 Å². The molecule has 4 rings (SSSR count). The molecule has 0 bridgehead atoms. The molecule has 0 aliphatic carbocycles. The normalized spacial score (nSPS) is 15.9. The number of nitrogens with zero attached hydrogens (tertiary/aromatic N) is 4. The highest BCUT2D eigenvalue weighted by atomic mass is 32.2. The molecule has 1 aliphatic rings. The monoisotopic (exact) mass is 434 g/mol. The number of methoxy groups -OCH3 is 1. The molecule has 0 amide bonds. The fourth-order valence-corrected chi connectivity index (χ4v) is 4.75. The number of fused-ring (bicyclic) bond motifs is 1. The SMILES string of the molecule is COc1ccc(-c2nnc(SCC(=O)/C=C3/N(C)c4ccccc4C3(C)C)n2C)cc1. The number of thioether (sulfide) groups is 1. The van der Waals surface area contributed by atoms with Crippen molar-refractivity contribution in [3.8, 4) is 17.1 Å². The van der Waals surface area contributed by atoms with E-state index in [1.165, 1.54) is 17.3 Å². The van der Waals surface area contributed by atoms with Crippen molar-refractivity contribution in [2.45, 2.75) is 24.4 Å². The Balaban J connectivity index is 1.48. The van der Waals surface area contributed by atoms with E-state index < -0.39 is 0 Å². The van der Waals surface area contributed by atoms with Crippen LogP contribution in [0.15, 0.2) is 65.5 Å². The number of benzene rings is 2. The van der Waals surface area contributed by atoms with Gasteiger partial charge in [-0.15, -0.1) is 10.2 Å². The van der Waals surface area contributed by atoms with Crippen molar-refractivity contribution in [3.63, 3.8) is 0 Å². The van der Waals surface area contributed by atoms with E-state index in [2.05, 4.69) is 41.1 Å². The Hall–Kier alpha value is -3.06. The van der Waals surface area contributed by atoms with Crippen molar-refractivity contribution in [2.75, 3.05) is 24.8 Å². The molecule has 31 heavy (non-hydrogen) atoms. The van der Waals surface area contributed by atoms with Gasteiger partial charge in [0.15, 0.2) is 16.8 Å². The van der Waals surface area contributed by atoms with Crippen LogP contribution in [0.3, 0.4) is 0 Å². The summed E-state index contributed by atoms with van der Waals surface area (Å²) in [4.78, 5) is 14.9. The first-order valence-electron chi connectivity index (χ1n) is 10.1. The van der Waals surface area contributed by atoms with Crippen LogP contribution in [0.2, 0.25) is 0 Å². The van der Waals surface area contributed by atoms with Gasteiger partial charge in [-0.1, -0.05) is 43.8 Å². The highest BCUT2D eigenvalue weighted by Crippen LogP contribution is 2.46. The van der Waals surface area contributed by atoms with E-state index in [1.807, 2.05) is 55.1 Å². The maximum Gasteiger partial charge on any atom is 0.191 e. The van der Waals surface area contributed by atoms with Crippen LogP contribution in [-0.2, 0) is 17.3 Å². The topological polar surface area (TPSA) is 60.3 Å². The molecular weight excluding hydrogens is 408 g/mol. The Morgan fingerprint density at radius 1 is 1.10 bits per heavy atom. The van der Waals surface area contributed by atoms with Gasteiger partial charge >= 0.3 is 0 Å². The van der Waals surface area contributed by atoms with Gasteiger partial charge in [-0.2, -0.15) is 0 Å². The summed E-state index contributed by atoms with van der Waals surface area (Å²) in [6.07, 6.45) is 1.77. The van der Waals surface area contributed by atoms with E-state index in [0.29, 0.717) is 10.9 Å². The third-order valence-electron chi connectivity index (χ3n) is 5.76. The Morgan fingerprint density at radius 2 is 1.81 bits per heavy atom. The van der Waals surface area contributed by atoms with Crippen molar-refractivity contribution < 1.29 is 9.53 Å². The van der Waals surface area contributed by atoms with Crippen molar-refractivity contribution in [1.29, 1.82) is 0 Å². The molecule has 2 aromatic carbocycles. The molecule has 0 atom stereocenters. The van der Waals surface area contributed by atoms with Gasteiger partial charge in [-0.25, -0.2) is 0 Å². The van der Waals surface area contributed by atoms with E-state index in [1.54, 1.807) is 13.2 Å². The van der Waals surface area contributed by atoms with Crippen molar-refractivity contribution in [2.24, 2.45) is 7.05 Å². The number of carbonyl (C=O) groups is 1. The smallest absolute Gasteiger partial charge is 0.191 e. The largest absolute Gasteiger partial charge is 0.497 e. The number of rotatable bonds is 6. The van der Waals surface area contributed by atoms with Crippen LogP contribution in [0, 0.1) is 0 Å². The Bertz CT molecular complexity index is 1150. The number of ketones is 1. The zero-order valence-corrected chi connectivity index (χ0v) is 19.2. The van der Waals surface area contributed by atoms with Gasteiger partial charge in [-0.05, 0) is 35.9 Å². The highest BCUT2D eigenvalue weighted by molar-refractivity contribution is 7.99. The molecular formula is C24H26N4O2S. The molecule has 2 heterocycles. The highest BCUT2D eigenvalue weighted by Gasteiger charge is 2.38. The second-order valence-corrected chi connectivity index (χ2v) is 9.02. The second kappa shape index (κ2) is 8.23. The van der Waals surface area contributed by atoms with Crippen LogP contribution in [0.1, 0.15) is 19.4 Å². The molecule has 0 radical (unpaired) electrons. The number of ether oxygens (including phenoxy) is 1. The molecule has 7 heteroatoms. The summed E-state index contributed by atoms with van der Waals surface area (Å²) >= 11 is 1.40. The Morgan fingerprint density at radius 3 is 2.48 bits per heavy atom. The average Bonchev–Trinajstić information content (AvgIpc) is 3.23. The molecule has 0 spiro atoms. The van der Waals surface area contributed by atoms with E-state index in [0.717, 1.165) is 28.5 Å². The second-order valence-electron chi connectivity index (χ2n) is 8.08. The lowest BCUT2D eigenvalue weighted by Crippen LogP contribution is -2.24. The summed E-state index contributed by atoms with van der Waals surface area (Å²) in [5, 5.41) is 9.29. The van der Waals surface area contributed by atoms with E-state index in [4.69, 9.17) is 4.74 Å². The first-order chi connectivity index (χ1) is 14.8. The molecule has 160 valence electrons. The van der Waals surface area contributed by atoms with Gasteiger partial charge in [0.1, 0.15) is 5.75 Å². The van der Waals surface area contributed by atoms with Gasteiger partial charge in [-0.3, -0.25) is 4.79 Å². The van der Waals surface area contributed by atoms with Gasteiger partial charge in [0, 0.05) is 42.5 Å². The summed E-state index contributed by atoms with van der Waals surface area (Å²) in [5.74, 6) is 1.91. The van der Waals surface area contributed by atoms with Crippen LogP contribution in [0.4, 0.5) is 5.69 Å². The van der Waals surface area contributed by atoms with Crippen LogP contribution in [0.5, 0.6) is 5.75 Å². The molecule has 0 N–H and O–H groups in total. The minimum atomic E-state index is -0.210. The van der Waals surface area contributed by atoms with Crippen LogP contribution < -0.4 is 9.64 Å². The van der Waals surface area contributed by atoms with Crippen LogP contribution in [-0.4, -0.2) is 40.5 Å². The maximum absolute atomic E-state index is 12.8. The fourth-order valence-electron chi connectivity index (χ4n) is 4.02. The molecule has 0 unspecified atom stereocenters. The molecule has 0 saturated heterocycles. The summed E-state index contributed by atoms with van der Waals surface area (Å²) in [6.45, 7) is 4.32. The van der Waals surface area contributed by atoms with E-state index >= 15 is 0 Å². The lowest BCUT2D eigenvalue weighted by Gasteiger charge is -2.23. The average molecular weight is 435 g/mol. The molecule has 1 aromatic heterocycles. The number of likely N-dealkylation sites (N-methyl/N-ethyl adjacent to an activating group) is 1. The lowest BCUT2D eigenvalue weighted by atomic mass is 9.83. The minimum Gasteiger partial charge on any atom is -0.497 e. The standard InChI is InChI=1S/C24H26N4O2S/c1-24(2)19-8-6-7-9-20(19)27(3)21(24)14-17(29)15-31-23-26-25-22(28(23)4)16-10-12-18(30-5)13-11-16/h6-14H,15H2,1-5H3/b21-14+. The Labute approximate surface area is 186 Å². The molecule has 3 aromatic rings. The Kier molecular flexibility index (Phi) is 5.62. The molecule has 1 aliphatic heterocycles. The quantitative estimate of drug-likeness (QED) is 0.422. The molecule has 6 nitrogen and oxygen atoms in total.